The number of aryl methyl sites for hydroxylation is 1. The molecule has 0 spiro atoms. The minimum Gasteiger partial charge on any atom is -0.481 e. The van der Waals surface area contributed by atoms with Gasteiger partial charge >= 0.3 is 5.97 Å². The van der Waals surface area contributed by atoms with Crippen molar-refractivity contribution < 1.29 is 14.7 Å². The molecule has 0 saturated carbocycles. The van der Waals surface area contributed by atoms with Crippen LogP contribution >= 0.6 is 0 Å². The lowest BCUT2D eigenvalue weighted by Crippen LogP contribution is -2.44. The summed E-state index contributed by atoms with van der Waals surface area (Å²) in [7, 11) is 0. The third-order valence-corrected chi connectivity index (χ3v) is 4.69. The lowest BCUT2D eigenvalue weighted by atomic mass is 9.96. The van der Waals surface area contributed by atoms with Crippen LogP contribution < -0.4 is 0 Å². The fraction of sp³-hybridized carbons (Fsp3) is 0.444. The SMILES string of the molecule is Cc1cc(C(=O)N2CCCC[C@@H]2CCC(=O)O)ccc1-n1cncn1. The minimum absolute atomic E-state index is 0.00708. The first-order chi connectivity index (χ1) is 12.1. The van der Waals surface area contributed by atoms with Gasteiger partial charge in [-0.1, -0.05) is 0 Å². The Morgan fingerprint density at radius 1 is 1.32 bits per heavy atom. The molecule has 1 N–H and O–H groups in total. The Balaban J connectivity index is 1.79. The summed E-state index contributed by atoms with van der Waals surface area (Å²) in [6, 6.07) is 5.54. The number of carboxylic acid groups (broad SMARTS) is 1. The number of aromatic nitrogens is 3. The maximum Gasteiger partial charge on any atom is 0.303 e. The maximum absolute atomic E-state index is 12.9. The van der Waals surface area contributed by atoms with E-state index < -0.39 is 5.97 Å². The molecule has 0 radical (unpaired) electrons. The molecule has 1 fully saturated rings. The van der Waals surface area contributed by atoms with Crippen LogP contribution in [-0.2, 0) is 4.79 Å². The Kier molecular flexibility index (Phi) is 5.11. The van der Waals surface area contributed by atoms with Crippen LogP contribution in [0.3, 0.4) is 0 Å². The van der Waals surface area contributed by atoms with Crippen LogP contribution in [-0.4, -0.2) is 49.2 Å². The van der Waals surface area contributed by atoms with Gasteiger partial charge < -0.3 is 10.0 Å². The number of likely N-dealkylation sites (tertiary alicyclic amines) is 1. The Labute approximate surface area is 146 Å². The number of nitrogens with zero attached hydrogens (tertiary/aromatic N) is 4. The zero-order chi connectivity index (χ0) is 17.8. The van der Waals surface area contributed by atoms with Gasteiger partial charge in [-0.15, -0.1) is 0 Å². The summed E-state index contributed by atoms with van der Waals surface area (Å²) < 4.78 is 1.67. The molecular weight excluding hydrogens is 320 g/mol. The number of piperidine rings is 1. The molecule has 132 valence electrons. The number of carbonyl (C=O) groups is 2. The van der Waals surface area contributed by atoms with Crippen LogP contribution in [0, 0.1) is 6.92 Å². The lowest BCUT2D eigenvalue weighted by Gasteiger charge is -2.36. The Morgan fingerprint density at radius 2 is 2.16 bits per heavy atom. The van der Waals surface area contributed by atoms with Crippen LogP contribution in [0.1, 0.15) is 48.0 Å². The second kappa shape index (κ2) is 7.46. The summed E-state index contributed by atoms with van der Waals surface area (Å²) in [5.74, 6) is -0.839. The van der Waals surface area contributed by atoms with Gasteiger partial charge in [0.2, 0.25) is 0 Å². The highest BCUT2D eigenvalue weighted by atomic mass is 16.4. The van der Waals surface area contributed by atoms with E-state index in [4.69, 9.17) is 5.11 Å². The van der Waals surface area contributed by atoms with Gasteiger partial charge in [0.25, 0.3) is 5.91 Å². The van der Waals surface area contributed by atoms with E-state index in [-0.39, 0.29) is 18.4 Å². The van der Waals surface area contributed by atoms with E-state index in [1.807, 2.05) is 24.0 Å². The molecule has 1 atom stereocenters. The molecule has 2 aromatic rings. The molecule has 1 aromatic carbocycles. The van der Waals surface area contributed by atoms with Crippen molar-refractivity contribution in [3.05, 3.63) is 42.0 Å². The van der Waals surface area contributed by atoms with Crippen LogP contribution in [0.5, 0.6) is 0 Å². The average molecular weight is 342 g/mol. The second-order valence-electron chi connectivity index (χ2n) is 6.42. The summed E-state index contributed by atoms with van der Waals surface area (Å²) in [6.45, 7) is 2.62. The molecule has 1 amide bonds. The van der Waals surface area contributed by atoms with Crippen LogP contribution in [0.2, 0.25) is 0 Å². The molecule has 25 heavy (non-hydrogen) atoms. The lowest BCUT2D eigenvalue weighted by molar-refractivity contribution is -0.137. The van der Waals surface area contributed by atoms with Crippen molar-refractivity contribution in [1.29, 1.82) is 0 Å². The second-order valence-corrected chi connectivity index (χ2v) is 6.42. The fourth-order valence-electron chi connectivity index (χ4n) is 3.40. The summed E-state index contributed by atoms with van der Waals surface area (Å²) in [6.07, 6.45) is 6.57. The molecule has 0 aliphatic carbocycles. The maximum atomic E-state index is 12.9. The van der Waals surface area contributed by atoms with E-state index in [9.17, 15) is 9.59 Å². The number of aliphatic carboxylic acids is 1. The quantitative estimate of drug-likeness (QED) is 0.901. The molecule has 0 unspecified atom stereocenters. The van der Waals surface area contributed by atoms with Crippen molar-refractivity contribution in [3.63, 3.8) is 0 Å². The van der Waals surface area contributed by atoms with E-state index >= 15 is 0 Å². The summed E-state index contributed by atoms with van der Waals surface area (Å²) in [5, 5.41) is 13.0. The van der Waals surface area contributed by atoms with Gasteiger partial charge in [-0.3, -0.25) is 9.59 Å². The van der Waals surface area contributed by atoms with Crippen LogP contribution in [0.15, 0.2) is 30.9 Å². The first-order valence-electron chi connectivity index (χ1n) is 8.54. The predicted molar refractivity (Wildman–Crippen MR) is 91.6 cm³/mol. The van der Waals surface area contributed by atoms with Crippen molar-refractivity contribution >= 4 is 11.9 Å². The van der Waals surface area contributed by atoms with Crippen molar-refractivity contribution in [2.24, 2.45) is 0 Å². The van der Waals surface area contributed by atoms with Gasteiger partial charge in [0.05, 0.1) is 5.69 Å². The molecule has 1 aliphatic heterocycles. The number of hydrogen-bond donors (Lipinski definition) is 1. The molecule has 3 rings (SSSR count). The number of hydrogen-bond acceptors (Lipinski definition) is 4. The molecule has 1 aliphatic rings. The molecule has 0 bridgehead atoms. The summed E-state index contributed by atoms with van der Waals surface area (Å²) in [4.78, 5) is 29.6. The third kappa shape index (κ3) is 3.87. The van der Waals surface area contributed by atoms with Gasteiger partial charge in [0.1, 0.15) is 12.7 Å². The van der Waals surface area contributed by atoms with Gasteiger partial charge in [0.15, 0.2) is 0 Å². The zero-order valence-corrected chi connectivity index (χ0v) is 14.3. The van der Waals surface area contributed by atoms with Gasteiger partial charge in [-0.2, -0.15) is 5.10 Å². The summed E-state index contributed by atoms with van der Waals surface area (Å²) >= 11 is 0. The van der Waals surface area contributed by atoms with Gasteiger partial charge in [-0.25, -0.2) is 9.67 Å². The first kappa shape index (κ1) is 17.1. The molecule has 2 heterocycles. The average Bonchev–Trinajstić information content (AvgIpc) is 3.13. The van der Waals surface area contributed by atoms with Crippen molar-refractivity contribution in [1.82, 2.24) is 19.7 Å². The Morgan fingerprint density at radius 3 is 2.84 bits per heavy atom. The van der Waals surface area contributed by atoms with E-state index in [0.29, 0.717) is 18.5 Å². The third-order valence-electron chi connectivity index (χ3n) is 4.69. The molecule has 7 nitrogen and oxygen atoms in total. The summed E-state index contributed by atoms with van der Waals surface area (Å²) in [5.41, 5.74) is 2.45. The number of carbonyl (C=O) groups excluding carboxylic acids is 1. The van der Waals surface area contributed by atoms with Crippen LogP contribution in [0.25, 0.3) is 5.69 Å². The fourth-order valence-corrected chi connectivity index (χ4v) is 3.40. The Hall–Kier alpha value is -2.70. The van der Waals surface area contributed by atoms with E-state index in [0.717, 1.165) is 30.5 Å². The van der Waals surface area contributed by atoms with E-state index in [2.05, 4.69) is 10.1 Å². The normalized spacial score (nSPS) is 17.5. The number of benzene rings is 1. The number of amides is 1. The molecule has 1 saturated heterocycles. The molecular formula is C18H22N4O3. The topological polar surface area (TPSA) is 88.3 Å². The standard InChI is InChI=1S/C18H22N4O3/c1-13-10-14(5-7-16(13)22-12-19-11-20-22)18(25)21-9-3-2-4-15(21)6-8-17(23)24/h5,7,10-12,15H,2-4,6,8-9H2,1H3,(H,23,24)/t15-/m1/s1. The predicted octanol–water partition coefficient (Wildman–Crippen LogP) is 2.44. The first-order valence-corrected chi connectivity index (χ1v) is 8.54. The smallest absolute Gasteiger partial charge is 0.303 e. The highest BCUT2D eigenvalue weighted by molar-refractivity contribution is 5.95. The van der Waals surface area contributed by atoms with Crippen molar-refractivity contribution in [2.75, 3.05) is 6.54 Å². The number of rotatable bonds is 5. The molecule has 7 heteroatoms. The monoisotopic (exact) mass is 342 g/mol. The highest BCUT2D eigenvalue weighted by Gasteiger charge is 2.28. The van der Waals surface area contributed by atoms with E-state index in [1.165, 1.54) is 6.33 Å². The van der Waals surface area contributed by atoms with Gasteiger partial charge in [-0.05, 0) is 56.4 Å². The Bertz CT molecular complexity index is 758. The van der Waals surface area contributed by atoms with Crippen molar-refractivity contribution in [3.8, 4) is 5.69 Å². The van der Waals surface area contributed by atoms with Crippen LogP contribution in [0.4, 0.5) is 0 Å². The highest BCUT2D eigenvalue weighted by Crippen LogP contribution is 2.24. The van der Waals surface area contributed by atoms with Gasteiger partial charge in [0, 0.05) is 24.6 Å². The largest absolute Gasteiger partial charge is 0.481 e. The minimum atomic E-state index is -0.814. The zero-order valence-electron chi connectivity index (χ0n) is 14.3. The molecule has 1 aromatic heterocycles. The number of carboxylic acids is 1. The van der Waals surface area contributed by atoms with Crippen molar-refractivity contribution in [2.45, 2.75) is 45.1 Å². The van der Waals surface area contributed by atoms with E-state index in [1.54, 1.807) is 17.1 Å².